The van der Waals surface area contributed by atoms with Crippen LogP contribution < -0.4 is 5.32 Å². The molecule has 0 amide bonds. The molecule has 1 aromatic heterocycles. The number of hydrogen-bond donors (Lipinski definition) is 1. The maximum absolute atomic E-state index is 11.6. The number of carbonyl (C=O) groups is 1. The molecule has 0 radical (unpaired) electrons. The first-order valence-corrected chi connectivity index (χ1v) is 7.71. The predicted molar refractivity (Wildman–Crippen MR) is 79.3 cm³/mol. The molecule has 0 fully saturated rings. The van der Waals surface area contributed by atoms with E-state index in [4.69, 9.17) is 4.74 Å². The summed E-state index contributed by atoms with van der Waals surface area (Å²) in [6.45, 7) is 0. The average Bonchev–Trinajstić information content (AvgIpc) is 2.80. The minimum Gasteiger partial charge on any atom is -0.469 e. The van der Waals surface area contributed by atoms with Crippen LogP contribution in [0.5, 0.6) is 0 Å². The topological polar surface area (TPSA) is 38.3 Å². The van der Waals surface area contributed by atoms with Crippen molar-refractivity contribution in [1.29, 1.82) is 0 Å². The van der Waals surface area contributed by atoms with Crippen LogP contribution in [0, 0.1) is 0 Å². The Morgan fingerprint density at radius 2 is 2.16 bits per heavy atom. The van der Waals surface area contributed by atoms with Crippen molar-refractivity contribution in [2.45, 2.75) is 15.9 Å². The number of carbonyl (C=O) groups excluding carboxylic acids is 1. The summed E-state index contributed by atoms with van der Waals surface area (Å²) in [4.78, 5) is 11.6. The number of esters is 1. The Balaban J connectivity index is 2.01. The number of methoxy groups -OCH3 is 1. The average molecular weight is 291 g/mol. The van der Waals surface area contributed by atoms with Gasteiger partial charge in [0.2, 0.25) is 0 Å². The lowest BCUT2D eigenvalue weighted by molar-refractivity contribution is -0.140. The summed E-state index contributed by atoms with van der Waals surface area (Å²) in [5.74, 6) is -0.174. The number of anilines is 2. The Morgan fingerprint density at radius 3 is 3.00 bits per heavy atom. The van der Waals surface area contributed by atoms with E-state index in [9.17, 15) is 4.79 Å². The molecule has 0 bridgehead atoms. The summed E-state index contributed by atoms with van der Waals surface area (Å²) in [6, 6.07) is 10.2. The second-order valence-corrected chi connectivity index (χ2v) is 6.61. The number of fused-ring (bicyclic) bond motifs is 2. The van der Waals surface area contributed by atoms with E-state index in [-0.39, 0.29) is 11.2 Å². The van der Waals surface area contributed by atoms with Crippen molar-refractivity contribution in [2.24, 2.45) is 0 Å². The number of hydrogen-bond acceptors (Lipinski definition) is 5. The van der Waals surface area contributed by atoms with Crippen molar-refractivity contribution in [3.05, 3.63) is 41.3 Å². The van der Waals surface area contributed by atoms with Crippen LogP contribution in [-0.2, 0) is 9.53 Å². The third kappa shape index (κ3) is 2.48. The molecule has 3 rings (SSSR count). The fraction of sp³-hybridized carbons (Fsp3) is 0.214. The maximum Gasteiger partial charge on any atom is 0.306 e. The van der Waals surface area contributed by atoms with Crippen molar-refractivity contribution >= 4 is 40.4 Å². The van der Waals surface area contributed by atoms with E-state index >= 15 is 0 Å². The molecule has 0 spiro atoms. The summed E-state index contributed by atoms with van der Waals surface area (Å²) in [5.41, 5.74) is 3.34. The van der Waals surface area contributed by atoms with E-state index in [1.807, 2.05) is 18.2 Å². The Hall–Kier alpha value is -1.46. The fourth-order valence-corrected chi connectivity index (χ4v) is 4.46. The van der Waals surface area contributed by atoms with Gasteiger partial charge in [0.15, 0.2) is 0 Å². The van der Waals surface area contributed by atoms with Gasteiger partial charge in [-0.05, 0) is 23.1 Å². The van der Waals surface area contributed by atoms with Crippen LogP contribution in [0.4, 0.5) is 11.4 Å². The molecule has 3 nitrogen and oxygen atoms in total. The van der Waals surface area contributed by atoms with Gasteiger partial charge in [-0.3, -0.25) is 4.79 Å². The van der Waals surface area contributed by atoms with E-state index in [0.29, 0.717) is 6.42 Å². The normalized spacial score (nSPS) is 16.8. The molecule has 1 aromatic carbocycles. The summed E-state index contributed by atoms with van der Waals surface area (Å²) in [5, 5.41) is 5.60. The van der Waals surface area contributed by atoms with Crippen molar-refractivity contribution in [1.82, 2.24) is 0 Å². The van der Waals surface area contributed by atoms with E-state index in [0.717, 1.165) is 16.9 Å². The highest BCUT2D eigenvalue weighted by molar-refractivity contribution is 8.01. The van der Waals surface area contributed by atoms with Gasteiger partial charge in [0, 0.05) is 10.9 Å². The minimum atomic E-state index is -0.174. The highest BCUT2D eigenvalue weighted by atomic mass is 32.2. The quantitative estimate of drug-likeness (QED) is 0.842. The first-order valence-electron chi connectivity index (χ1n) is 5.95. The Morgan fingerprint density at radius 1 is 1.32 bits per heavy atom. The Labute approximate surface area is 120 Å². The lowest BCUT2D eigenvalue weighted by Crippen LogP contribution is -2.06. The zero-order valence-corrected chi connectivity index (χ0v) is 12.0. The molecule has 0 saturated heterocycles. The number of thioether (sulfide) groups is 1. The Kier molecular flexibility index (Phi) is 3.48. The van der Waals surface area contributed by atoms with Crippen LogP contribution >= 0.6 is 23.1 Å². The van der Waals surface area contributed by atoms with Crippen LogP contribution in [0.25, 0.3) is 0 Å². The minimum absolute atomic E-state index is 0.0936. The van der Waals surface area contributed by atoms with E-state index in [1.54, 1.807) is 23.1 Å². The van der Waals surface area contributed by atoms with E-state index < -0.39 is 0 Å². The van der Waals surface area contributed by atoms with Crippen LogP contribution in [0.3, 0.4) is 0 Å². The maximum atomic E-state index is 11.6. The lowest BCUT2D eigenvalue weighted by atomic mass is 10.1. The lowest BCUT2D eigenvalue weighted by Gasteiger charge is -2.15. The summed E-state index contributed by atoms with van der Waals surface area (Å²) in [7, 11) is 1.43. The second kappa shape index (κ2) is 5.27. The third-order valence-corrected chi connectivity index (χ3v) is 5.46. The van der Waals surface area contributed by atoms with Crippen molar-refractivity contribution in [3.63, 3.8) is 0 Å². The molecule has 1 atom stereocenters. The molecule has 1 unspecified atom stereocenters. The van der Waals surface area contributed by atoms with Gasteiger partial charge in [0.05, 0.1) is 23.4 Å². The first kappa shape index (κ1) is 12.6. The van der Waals surface area contributed by atoms with Gasteiger partial charge in [0.1, 0.15) is 0 Å². The summed E-state index contributed by atoms with van der Waals surface area (Å²) >= 11 is 3.42. The van der Waals surface area contributed by atoms with Crippen LogP contribution in [0.15, 0.2) is 39.9 Å². The number of nitrogens with one attached hydrogen (secondary N) is 1. The smallest absolute Gasteiger partial charge is 0.306 e. The standard InChI is InChI=1S/C14H13NO2S2/c1-17-13(16)8-12-9-4-2-3-5-10(9)15-11-6-7-18-14(11)19-12/h2-7,12,15H,8H2,1H3. The van der Waals surface area contributed by atoms with E-state index in [2.05, 4.69) is 22.8 Å². The molecule has 0 saturated carbocycles. The molecular weight excluding hydrogens is 278 g/mol. The molecule has 19 heavy (non-hydrogen) atoms. The Bertz CT molecular complexity index is 609. The molecule has 1 aliphatic rings. The molecule has 5 heteroatoms. The number of rotatable bonds is 2. The van der Waals surface area contributed by atoms with Crippen molar-refractivity contribution < 1.29 is 9.53 Å². The van der Waals surface area contributed by atoms with Crippen LogP contribution in [0.1, 0.15) is 17.2 Å². The molecule has 2 heterocycles. The number of para-hydroxylation sites is 1. The van der Waals surface area contributed by atoms with Gasteiger partial charge in [-0.15, -0.1) is 23.1 Å². The number of thiophene rings is 1. The fourth-order valence-electron chi connectivity index (χ4n) is 2.10. The highest BCUT2D eigenvalue weighted by Crippen LogP contribution is 2.49. The van der Waals surface area contributed by atoms with Gasteiger partial charge in [-0.1, -0.05) is 18.2 Å². The second-order valence-electron chi connectivity index (χ2n) is 4.22. The molecule has 1 aliphatic heterocycles. The monoisotopic (exact) mass is 291 g/mol. The van der Waals surface area contributed by atoms with Gasteiger partial charge in [-0.2, -0.15) is 0 Å². The molecule has 0 aliphatic carbocycles. The predicted octanol–water partition coefficient (Wildman–Crippen LogP) is 4.20. The van der Waals surface area contributed by atoms with Crippen molar-refractivity contribution in [2.75, 3.05) is 12.4 Å². The van der Waals surface area contributed by atoms with Crippen LogP contribution in [-0.4, -0.2) is 13.1 Å². The molecule has 98 valence electrons. The van der Waals surface area contributed by atoms with Gasteiger partial charge < -0.3 is 10.1 Å². The SMILES string of the molecule is COC(=O)CC1Sc2sccc2Nc2ccccc21. The summed E-state index contributed by atoms with van der Waals surface area (Å²) in [6.07, 6.45) is 0.386. The zero-order chi connectivity index (χ0) is 13.2. The number of benzene rings is 1. The third-order valence-electron chi connectivity index (χ3n) is 3.04. The van der Waals surface area contributed by atoms with Crippen LogP contribution in [0.2, 0.25) is 0 Å². The molecular formula is C14H13NO2S2. The molecule has 2 aromatic rings. The van der Waals surface area contributed by atoms with Crippen molar-refractivity contribution in [3.8, 4) is 0 Å². The highest BCUT2D eigenvalue weighted by Gasteiger charge is 2.25. The van der Waals surface area contributed by atoms with Gasteiger partial charge >= 0.3 is 5.97 Å². The largest absolute Gasteiger partial charge is 0.469 e. The first-order chi connectivity index (χ1) is 9.28. The number of ether oxygens (including phenoxy) is 1. The summed E-state index contributed by atoms with van der Waals surface area (Å²) < 4.78 is 6.02. The van der Waals surface area contributed by atoms with Gasteiger partial charge in [0.25, 0.3) is 0 Å². The van der Waals surface area contributed by atoms with Gasteiger partial charge in [-0.25, -0.2) is 0 Å². The zero-order valence-electron chi connectivity index (χ0n) is 10.4. The molecule has 1 N–H and O–H groups in total. The van der Waals surface area contributed by atoms with E-state index in [1.165, 1.54) is 11.3 Å².